The quantitative estimate of drug-likeness (QED) is 0.699. The Bertz CT molecular complexity index is 623. The highest BCUT2D eigenvalue weighted by atomic mass is 35.5. The van der Waals surface area contributed by atoms with Gasteiger partial charge in [0.2, 0.25) is 0 Å². The molecule has 4 nitrogen and oxygen atoms in total. The second-order valence-corrected chi connectivity index (χ2v) is 7.74. The molecule has 0 N–H and O–H groups in total. The third-order valence-corrected chi connectivity index (χ3v) is 5.55. The molecule has 2 heterocycles. The van der Waals surface area contributed by atoms with Gasteiger partial charge in [0.25, 0.3) is 0 Å². The van der Waals surface area contributed by atoms with Crippen molar-refractivity contribution < 1.29 is 0 Å². The SMILES string of the molecule is CN(CCSc1ccc(Cl)cc1)CC1CCCN1c1cccnn1. The molecule has 128 valence electrons. The van der Waals surface area contributed by atoms with Gasteiger partial charge in [0, 0.05) is 47.5 Å². The molecule has 0 radical (unpaired) electrons. The Morgan fingerprint density at radius 2 is 2.12 bits per heavy atom. The van der Waals surface area contributed by atoms with Gasteiger partial charge in [-0.05, 0) is 56.3 Å². The molecular formula is C18H23ClN4S. The third kappa shape index (κ3) is 4.85. The molecule has 1 saturated heterocycles. The predicted octanol–water partition coefficient (Wildman–Crippen LogP) is 3.82. The van der Waals surface area contributed by atoms with E-state index >= 15 is 0 Å². The Labute approximate surface area is 153 Å². The highest BCUT2D eigenvalue weighted by molar-refractivity contribution is 7.99. The van der Waals surface area contributed by atoms with Crippen LogP contribution in [0, 0.1) is 0 Å². The molecule has 1 aromatic heterocycles. The first-order valence-electron chi connectivity index (χ1n) is 8.33. The van der Waals surface area contributed by atoms with Crippen LogP contribution in [0.3, 0.4) is 0 Å². The summed E-state index contributed by atoms with van der Waals surface area (Å²) in [7, 11) is 2.20. The van der Waals surface area contributed by atoms with Crippen LogP contribution in [0.5, 0.6) is 0 Å². The van der Waals surface area contributed by atoms with E-state index in [1.54, 1.807) is 6.20 Å². The summed E-state index contributed by atoms with van der Waals surface area (Å²) in [5, 5.41) is 9.08. The Balaban J connectivity index is 1.45. The molecule has 2 aromatic rings. The molecular weight excluding hydrogens is 340 g/mol. The predicted molar refractivity (Wildman–Crippen MR) is 102 cm³/mol. The number of anilines is 1. The molecule has 0 aliphatic carbocycles. The van der Waals surface area contributed by atoms with E-state index in [-0.39, 0.29) is 0 Å². The fraction of sp³-hybridized carbons (Fsp3) is 0.444. The van der Waals surface area contributed by atoms with Gasteiger partial charge in [0.15, 0.2) is 5.82 Å². The molecule has 0 amide bonds. The molecule has 1 fully saturated rings. The van der Waals surface area contributed by atoms with Gasteiger partial charge in [-0.1, -0.05) is 11.6 Å². The first-order chi connectivity index (χ1) is 11.7. The first-order valence-corrected chi connectivity index (χ1v) is 9.70. The lowest BCUT2D eigenvalue weighted by molar-refractivity contribution is 0.328. The molecule has 1 aliphatic heterocycles. The van der Waals surface area contributed by atoms with Gasteiger partial charge < -0.3 is 9.80 Å². The second kappa shape index (κ2) is 8.70. The fourth-order valence-electron chi connectivity index (χ4n) is 3.07. The summed E-state index contributed by atoms with van der Waals surface area (Å²) in [5.74, 6) is 2.08. The van der Waals surface area contributed by atoms with E-state index in [0.717, 1.165) is 36.2 Å². The van der Waals surface area contributed by atoms with Gasteiger partial charge in [-0.15, -0.1) is 16.9 Å². The summed E-state index contributed by atoms with van der Waals surface area (Å²) < 4.78 is 0. The zero-order chi connectivity index (χ0) is 16.8. The number of aromatic nitrogens is 2. The van der Waals surface area contributed by atoms with E-state index in [4.69, 9.17) is 11.6 Å². The molecule has 1 aromatic carbocycles. The van der Waals surface area contributed by atoms with Crippen molar-refractivity contribution in [2.75, 3.05) is 37.3 Å². The summed E-state index contributed by atoms with van der Waals surface area (Å²) in [4.78, 5) is 6.09. The van der Waals surface area contributed by atoms with E-state index in [2.05, 4.69) is 45.2 Å². The average Bonchev–Trinajstić information content (AvgIpc) is 3.05. The van der Waals surface area contributed by atoms with Gasteiger partial charge in [0.05, 0.1) is 0 Å². The number of benzene rings is 1. The van der Waals surface area contributed by atoms with E-state index in [1.165, 1.54) is 17.7 Å². The van der Waals surface area contributed by atoms with Crippen LogP contribution in [0.2, 0.25) is 5.02 Å². The molecule has 0 spiro atoms. The molecule has 6 heteroatoms. The van der Waals surface area contributed by atoms with Crippen molar-refractivity contribution in [3.05, 3.63) is 47.6 Å². The van der Waals surface area contributed by atoms with Crippen LogP contribution in [-0.4, -0.2) is 53.6 Å². The smallest absolute Gasteiger partial charge is 0.151 e. The van der Waals surface area contributed by atoms with Gasteiger partial charge >= 0.3 is 0 Å². The van der Waals surface area contributed by atoms with Crippen molar-refractivity contribution in [1.29, 1.82) is 0 Å². The maximum atomic E-state index is 5.92. The number of halogens is 1. The molecule has 1 atom stereocenters. The van der Waals surface area contributed by atoms with Crippen LogP contribution < -0.4 is 4.90 Å². The van der Waals surface area contributed by atoms with Crippen molar-refractivity contribution in [1.82, 2.24) is 15.1 Å². The Morgan fingerprint density at radius 1 is 1.29 bits per heavy atom. The fourth-order valence-corrected chi connectivity index (χ4v) is 4.17. The van der Waals surface area contributed by atoms with Crippen molar-refractivity contribution in [2.24, 2.45) is 0 Å². The number of thioether (sulfide) groups is 1. The number of nitrogens with zero attached hydrogens (tertiary/aromatic N) is 4. The third-order valence-electron chi connectivity index (χ3n) is 4.31. The molecule has 3 rings (SSSR count). The number of hydrogen-bond donors (Lipinski definition) is 0. The normalized spacial score (nSPS) is 17.6. The minimum absolute atomic E-state index is 0.534. The zero-order valence-corrected chi connectivity index (χ0v) is 15.5. The topological polar surface area (TPSA) is 32.3 Å². The monoisotopic (exact) mass is 362 g/mol. The van der Waals surface area contributed by atoms with Crippen LogP contribution in [0.1, 0.15) is 12.8 Å². The Morgan fingerprint density at radius 3 is 2.88 bits per heavy atom. The molecule has 24 heavy (non-hydrogen) atoms. The van der Waals surface area contributed by atoms with E-state index < -0.39 is 0 Å². The molecule has 0 saturated carbocycles. The van der Waals surface area contributed by atoms with Crippen LogP contribution in [0.25, 0.3) is 0 Å². The van der Waals surface area contributed by atoms with E-state index in [1.807, 2.05) is 30.0 Å². The lowest BCUT2D eigenvalue weighted by Gasteiger charge is -2.29. The zero-order valence-electron chi connectivity index (χ0n) is 13.9. The second-order valence-electron chi connectivity index (χ2n) is 6.14. The van der Waals surface area contributed by atoms with Crippen LogP contribution in [-0.2, 0) is 0 Å². The summed E-state index contributed by atoms with van der Waals surface area (Å²) in [5.41, 5.74) is 0. The largest absolute Gasteiger partial charge is 0.351 e. The minimum Gasteiger partial charge on any atom is -0.351 e. The Kier molecular flexibility index (Phi) is 6.35. The van der Waals surface area contributed by atoms with Crippen LogP contribution in [0.4, 0.5) is 5.82 Å². The first kappa shape index (κ1) is 17.5. The van der Waals surface area contributed by atoms with Crippen LogP contribution >= 0.6 is 23.4 Å². The number of hydrogen-bond acceptors (Lipinski definition) is 5. The van der Waals surface area contributed by atoms with Crippen molar-refractivity contribution in [3.63, 3.8) is 0 Å². The van der Waals surface area contributed by atoms with Gasteiger partial charge in [0.1, 0.15) is 0 Å². The van der Waals surface area contributed by atoms with Crippen molar-refractivity contribution >= 4 is 29.2 Å². The maximum absolute atomic E-state index is 5.92. The van der Waals surface area contributed by atoms with Gasteiger partial charge in [-0.3, -0.25) is 0 Å². The van der Waals surface area contributed by atoms with Crippen molar-refractivity contribution in [3.8, 4) is 0 Å². The van der Waals surface area contributed by atoms with Gasteiger partial charge in [-0.25, -0.2) is 0 Å². The summed E-state index contributed by atoms with van der Waals surface area (Å²) in [6.45, 7) is 3.21. The minimum atomic E-state index is 0.534. The van der Waals surface area contributed by atoms with Gasteiger partial charge in [-0.2, -0.15) is 5.10 Å². The number of rotatable bonds is 7. The summed E-state index contributed by atoms with van der Waals surface area (Å²) >= 11 is 7.80. The molecule has 1 aliphatic rings. The highest BCUT2D eigenvalue weighted by Crippen LogP contribution is 2.24. The highest BCUT2D eigenvalue weighted by Gasteiger charge is 2.26. The molecule has 0 bridgehead atoms. The van der Waals surface area contributed by atoms with Crippen molar-refractivity contribution in [2.45, 2.75) is 23.8 Å². The lowest BCUT2D eigenvalue weighted by Crippen LogP contribution is -2.40. The maximum Gasteiger partial charge on any atom is 0.151 e. The average molecular weight is 363 g/mol. The lowest BCUT2D eigenvalue weighted by atomic mass is 10.2. The summed E-state index contributed by atoms with van der Waals surface area (Å²) in [6, 6.07) is 12.6. The number of likely N-dealkylation sites (N-methyl/N-ethyl adjacent to an activating group) is 1. The molecule has 1 unspecified atom stereocenters. The van der Waals surface area contributed by atoms with E-state index in [9.17, 15) is 0 Å². The Hall–Kier alpha value is -1.30. The van der Waals surface area contributed by atoms with E-state index in [0.29, 0.717) is 6.04 Å². The summed E-state index contributed by atoms with van der Waals surface area (Å²) in [6.07, 6.45) is 4.19. The standard InChI is InChI=1S/C18H23ClN4S/c1-22(12-13-24-17-8-6-15(19)7-9-17)14-16-4-3-11-23(16)18-5-2-10-20-21-18/h2,5-10,16H,3-4,11-14H2,1H3. The van der Waals surface area contributed by atoms with Crippen LogP contribution in [0.15, 0.2) is 47.5 Å².